The van der Waals surface area contributed by atoms with Crippen LogP contribution in [0.1, 0.15) is 54.0 Å². The van der Waals surface area contributed by atoms with E-state index in [1.54, 1.807) is 11.8 Å². The second-order valence-electron chi connectivity index (χ2n) is 8.25. The van der Waals surface area contributed by atoms with E-state index in [4.69, 9.17) is 9.47 Å². The molecule has 2 amide bonds. The lowest BCUT2D eigenvalue weighted by molar-refractivity contribution is 0.179. The van der Waals surface area contributed by atoms with Gasteiger partial charge in [0.15, 0.2) is 0 Å². The van der Waals surface area contributed by atoms with Crippen molar-refractivity contribution in [2.75, 3.05) is 25.6 Å². The predicted octanol–water partition coefficient (Wildman–Crippen LogP) is 2.85. The lowest BCUT2D eigenvalue weighted by Crippen LogP contribution is -2.35. The quantitative estimate of drug-likeness (QED) is 0.711. The molecule has 1 aromatic carbocycles. The molecule has 2 aliphatic carbocycles. The summed E-state index contributed by atoms with van der Waals surface area (Å²) in [6.07, 6.45) is 6.59. The van der Waals surface area contributed by atoms with Gasteiger partial charge in [0, 0.05) is 18.7 Å². The number of hydrogen-bond donors (Lipinski definition) is 2. The second-order valence-corrected chi connectivity index (χ2v) is 9.43. The summed E-state index contributed by atoms with van der Waals surface area (Å²) in [7, 11) is 1.71. The predicted molar refractivity (Wildman–Crippen MR) is 112 cm³/mol. The summed E-state index contributed by atoms with van der Waals surface area (Å²) in [4.78, 5) is 13.2. The van der Waals surface area contributed by atoms with Gasteiger partial charge in [-0.05, 0) is 61.3 Å². The average Bonchev–Trinajstić information content (AvgIpc) is 3.48. The van der Waals surface area contributed by atoms with Crippen molar-refractivity contribution in [3.05, 3.63) is 34.5 Å². The molecule has 1 aliphatic heterocycles. The van der Waals surface area contributed by atoms with Crippen molar-refractivity contribution in [3.8, 4) is 5.88 Å². The Morgan fingerprint density at radius 3 is 3.10 bits per heavy atom. The monoisotopic (exact) mass is 430 g/mol. The summed E-state index contributed by atoms with van der Waals surface area (Å²) >= 11 is -1.76. The number of hydrogen-bond acceptors (Lipinski definition) is 5. The van der Waals surface area contributed by atoms with Gasteiger partial charge in [0.05, 0.1) is 12.6 Å². The van der Waals surface area contributed by atoms with Crippen LogP contribution in [0.3, 0.4) is 0 Å². The zero-order valence-corrected chi connectivity index (χ0v) is 18.0. The van der Waals surface area contributed by atoms with Crippen LogP contribution in [-0.2, 0) is 35.4 Å². The molecule has 3 aliphatic rings. The van der Waals surface area contributed by atoms with Crippen molar-refractivity contribution in [3.63, 3.8) is 0 Å². The first kappa shape index (κ1) is 19.7. The molecule has 2 heterocycles. The molecule has 3 atom stereocenters. The summed E-state index contributed by atoms with van der Waals surface area (Å²) in [6, 6.07) is 1.92. The first-order valence-corrected chi connectivity index (χ1v) is 11.6. The highest BCUT2D eigenvalue weighted by molar-refractivity contribution is 7.90. The fourth-order valence-corrected chi connectivity index (χ4v) is 5.73. The molecular formula is C21H26N4O4S. The molecule has 0 fully saturated rings. The highest BCUT2D eigenvalue weighted by Gasteiger charge is 2.34. The van der Waals surface area contributed by atoms with E-state index < -0.39 is 17.4 Å². The van der Waals surface area contributed by atoms with Crippen LogP contribution < -0.4 is 14.8 Å². The number of aryl methyl sites for hydroxylation is 2. The third-order valence-electron chi connectivity index (χ3n) is 6.28. The lowest BCUT2D eigenvalue weighted by atomic mass is 9.94. The molecule has 2 aromatic rings. The van der Waals surface area contributed by atoms with E-state index in [-0.39, 0.29) is 12.0 Å². The molecule has 0 saturated carbocycles. The van der Waals surface area contributed by atoms with Crippen LogP contribution >= 0.6 is 0 Å². The van der Waals surface area contributed by atoms with Gasteiger partial charge in [-0.25, -0.2) is 9.48 Å². The SMILES string of the molecule is COC[C@H]1CCc2cc3c(c(NC(=O)N[S+]([O-])c4cnn5c4OC[C@H]5C)c21)CCC3. The van der Waals surface area contributed by atoms with Crippen LogP contribution in [0.2, 0.25) is 0 Å². The number of aromatic nitrogens is 2. The van der Waals surface area contributed by atoms with Crippen molar-refractivity contribution in [2.24, 2.45) is 0 Å². The van der Waals surface area contributed by atoms with E-state index in [9.17, 15) is 9.35 Å². The van der Waals surface area contributed by atoms with Crippen LogP contribution in [0, 0.1) is 0 Å². The smallest absolute Gasteiger partial charge is 0.361 e. The zero-order chi connectivity index (χ0) is 20.8. The number of methoxy groups -OCH3 is 1. The molecule has 2 N–H and O–H groups in total. The molecule has 0 spiro atoms. The third-order valence-corrected chi connectivity index (χ3v) is 7.34. The van der Waals surface area contributed by atoms with Gasteiger partial charge >= 0.3 is 6.03 Å². The number of nitrogens with one attached hydrogen (secondary N) is 2. The molecule has 0 saturated heterocycles. The Morgan fingerprint density at radius 1 is 1.40 bits per heavy atom. The molecule has 0 radical (unpaired) electrons. The summed E-state index contributed by atoms with van der Waals surface area (Å²) in [5, 5.41) is 7.26. The summed E-state index contributed by atoms with van der Waals surface area (Å²) in [5.41, 5.74) is 5.90. The van der Waals surface area contributed by atoms with Crippen LogP contribution in [0.5, 0.6) is 5.88 Å². The van der Waals surface area contributed by atoms with Crippen molar-refractivity contribution in [2.45, 2.75) is 55.9 Å². The Morgan fingerprint density at radius 2 is 2.27 bits per heavy atom. The number of carbonyl (C=O) groups excluding carboxylic acids is 1. The van der Waals surface area contributed by atoms with Gasteiger partial charge in [0.2, 0.25) is 0 Å². The molecule has 0 bridgehead atoms. The first-order chi connectivity index (χ1) is 14.6. The maximum atomic E-state index is 12.8. The van der Waals surface area contributed by atoms with Crippen LogP contribution in [0.25, 0.3) is 0 Å². The number of nitrogens with zero attached hydrogens (tertiary/aromatic N) is 2. The number of carbonyl (C=O) groups is 1. The maximum absolute atomic E-state index is 12.8. The summed E-state index contributed by atoms with van der Waals surface area (Å²) < 4.78 is 28.1. The molecule has 1 aromatic heterocycles. The van der Waals surface area contributed by atoms with E-state index in [0.29, 0.717) is 24.0 Å². The van der Waals surface area contributed by atoms with Gasteiger partial charge in [-0.3, -0.25) is 0 Å². The van der Waals surface area contributed by atoms with E-state index >= 15 is 0 Å². The third kappa shape index (κ3) is 3.25. The van der Waals surface area contributed by atoms with Crippen molar-refractivity contribution >= 4 is 23.1 Å². The molecule has 5 rings (SSSR count). The van der Waals surface area contributed by atoms with Gasteiger partial charge in [-0.15, -0.1) is 4.72 Å². The molecule has 8 nitrogen and oxygen atoms in total. The minimum atomic E-state index is -1.76. The number of amides is 2. The number of anilines is 1. The number of rotatable bonds is 5. The Hall–Kier alpha value is -2.23. The number of ether oxygens (including phenoxy) is 2. The van der Waals surface area contributed by atoms with Gasteiger partial charge in [-0.1, -0.05) is 6.07 Å². The van der Waals surface area contributed by atoms with Gasteiger partial charge in [0.1, 0.15) is 24.2 Å². The largest absolute Gasteiger partial charge is 0.588 e. The minimum absolute atomic E-state index is 0.0896. The number of fused-ring (bicyclic) bond motifs is 3. The van der Waals surface area contributed by atoms with Crippen molar-refractivity contribution in [1.29, 1.82) is 0 Å². The molecule has 160 valence electrons. The van der Waals surface area contributed by atoms with Crippen LogP contribution in [0.15, 0.2) is 17.2 Å². The average molecular weight is 431 g/mol. The minimum Gasteiger partial charge on any atom is -0.588 e. The topological polar surface area (TPSA) is 100 Å². The van der Waals surface area contributed by atoms with E-state index in [2.05, 4.69) is 21.2 Å². The normalized spacial score (nSPS) is 22.2. The van der Waals surface area contributed by atoms with Gasteiger partial charge in [-0.2, -0.15) is 5.10 Å². The summed E-state index contributed by atoms with van der Waals surface area (Å²) in [6.45, 7) is 3.10. The van der Waals surface area contributed by atoms with Gasteiger partial charge < -0.3 is 19.3 Å². The van der Waals surface area contributed by atoms with E-state index in [0.717, 1.165) is 37.8 Å². The molecule has 9 heteroatoms. The highest BCUT2D eigenvalue weighted by atomic mass is 32.2. The Kier molecular flexibility index (Phi) is 5.12. The fourth-order valence-electron chi connectivity index (χ4n) is 4.94. The maximum Gasteiger partial charge on any atom is 0.361 e. The highest BCUT2D eigenvalue weighted by Crippen LogP contribution is 2.44. The number of benzene rings is 1. The molecule has 30 heavy (non-hydrogen) atoms. The first-order valence-electron chi connectivity index (χ1n) is 10.4. The Labute approximate surface area is 178 Å². The Balaban J connectivity index is 1.38. The Bertz CT molecular complexity index is 992. The molecule has 1 unspecified atom stereocenters. The number of urea groups is 1. The van der Waals surface area contributed by atoms with E-state index in [1.807, 2.05) is 6.92 Å². The van der Waals surface area contributed by atoms with Gasteiger partial charge in [0.25, 0.3) is 10.8 Å². The molecular weight excluding hydrogens is 404 g/mol. The fraction of sp³-hybridized carbons (Fsp3) is 0.524. The van der Waals surface area contributed by atoms with Crippen LogP contribution in [-0.4, -0.2) is 40.7 Å². The van der Waals surface area contributed by atoms with Crippen molar-refractivity contribution in [1.82, 2.24) is 14.5 Å². The van der Waals surface area contributed by atoms with Crippen LogP contribution in [0.4, 0.5) is 10.5 Å². The van der Waals surface area contributed by atoms with E-state index in [1.165, 1.54) is 28.5 Å². The zero-order valence-electron chi connectivity index (χ0n) is 17.2. The lowest BCUT2D eigenvalue weighted by Gasteiger charge is -2.20. The second kappa shape index (κ2) is 7.79. The van der Waals surface area contributed by atoms with Crippen molar-refractivity contribution < 1.29 is 18.8 Å². The summed E-state index contributed by atoms with van der Waals surface area (Å²) in [5.74, 6) is 0.730. The standard InChI is InChI=1S/C21H26N4O4S/c1-12-10-29-20-17(9-22-25(12)20)30(27)24-21(26)23-19-16-5-3-4-13(16)8-14-6-7-15(11-28-2)18(14)19/h8-9,12,15H,3-7,10-11H2,1-2H3,(H2,23,24,26)/t12-,15-,30?/m1/s1.